The van der Waals surface area contributed by atoms with Gasteiger partial charge in [0.05, 0.1) is 11.8 Å². The van der Waals surface area contributed by atoms with E-state index in [1.54, 1.807) is 22.7 Å². The van der Waals surface area contributed by atoms with Gasteiger partial charge >= 0.3 is 0 Å². The average molecular weight is 290 g/mol. The van der Waals surface area contributed by atoms with Crippen molar-refractivity contribution in [3.8, 4) is 0 Å². The molecule has 1 aliphatic rings. The van der Waals surface area contributed by atoms with E-state index >= 15 is 0 Å². The Morgan fingerprint density at radius 3 is 3.21 bits per heavy atom. The number of aliphatic hydroxyl groups is 1. The molecule has 0 amide bonds. The maximum Gasteiger partial charge on any atom is 0.193 e. The van der Waals surface area contributed by atoms with Gasteiger partial charge in [0.15, 0.2) is 4.96 Å². The number of rotatable bonds is 3. The molecule has 0 aliphatic heterocycles. The van der Waals surface area contributed by atoms with Crippen LogP contribution < -0.4 is 0 Å². The third-order valence-electron chi connectivity index (χ3n) is 3.64. The first-order valence-electron chi connectivity index (χ1n) is 6.50. The van der Waals surface area contributed by atoms with Gasteiger partial charge in [-0.25, -0.2) is 4.98 Å². The molecule has 1 unspecified atom stereocenters. The molecule has 0 saturated carbocycles. The topological polar surface area (TPSA) is 37.5 Å². The molecule has 0 aromatic carbocycles. The fourth-order valence-electron chi connectivity index (χ4n) is 2.69. The fourth-order valence-corrected chi connectivity index (χ4v) is 4.65. The van der Waals surface area contributed by atoms with E-state index < -0.39 is 6.10 Å². The van der Waals surface area contributed by atoms with Crippen molar-refractivity contribution in [2.24, 2.45) is 0 Å². The molecule has 0 spiro atoms. The summed E-state index contributed by atoms with van der Waals surface area (Å²) >= 11 is 3.40. The van der Waals surface area contributed by atoms with Crippen molar-refractivity contribution in [3.05, 3.63) is 44.9 Å². The number of thiazole rings is 1. The van der Waals surface area contributed by atoms with Gasteiger partial charge in [-0.2, -0.15) is 0 Å². The third-order valence-corrected chi connectivity index (χ3v) is 5.75. The summed E-state index contributed by atoms with van der Waals surface area (Å²) in [5.74, 6) is 0. The highest BCUT2D eigenvalue weighted by atomic mass is 32.1. The number of thiophene rings is 1. The number of imidazole rings is 1. The van der Waals surface area contributed by atoms with E-state index in [1.807, 2.05) is 22.2 Å². The molecule has 3 nitrogen and oxygen atoms in total. The molecule has 5 heteroatoms. The van der Waals surface area contributed by atoms with Crippen molar-refractivity contribution in [1.82, 2.24) is 9.38 Å². The van der Waals surface area contributed by atoms with Gasteiger partial charge in [-0.1, -0.05) is 0 Å². The number of aromatic nitrogens is 2. The van der Waals surface area contributed by atoms with Crippen molar-refractivity contribution < 1.29 is 5.11 Å². The molecule has 3 aromatic rings. The lowest BCUT2D eigenvalue weighted by atomic mass is 10.1. The van der Waals surface area contributed by atoms with Crippen LogP contribution in [0.25, 0.3) is 4.96 Å². The summed E-state index contributed by atoms with van der Waals surface area (Å²) in [6.45, 7) is 0. The number of aliphatic hydroxyl groups excluding tert-OH is 1. The van der Waals surface area contributed by atoms with Crippen LogP contribution in [0, 0.1) is 0 Å². The van der Waals surface area contributed by atoms with Gasteiger partial charge in [0, 0.05) is 33.9 Å². The molecule has 0 saturated heterocycles. The van der Waals surface area contributed by atoms with Gasteiger partial charge in [-0.05, 0) is 30.9 Å². The van der Waals surface area contributed by atoms with Crippen LogP contribution in [0.4, 0.5) is 0 Å². The van der Waals surface area contributed by atoms with Gasteiger partial charge in [-0.15, -0.1) is 22.7 Å². The Morgan fingerprint density at radius 2 is 2.37 bits per heavy atom. The van der Waals surface area contributed by atoms with Crippen molar-refractivity contribution >= 4 is 27.6 Å². The molecule has 1 N–H and O–H groups in total. The van der Waals surface area contributed by atoms with Crippen LogP contribution in [0.5, 0.6) is 0 Å². The van der Waals surface area contributed by atoms with E-state index in [-0.39, 0.29) is 0 Å². The van der Waals surface area contributed by atoms with Crippen LogP contribution in [-0.2, 0) is 19.3 Å². The minimum atomic E-state index is -0.416. The van der Waals surface area contributed by atoms with Gasteiger partial charge in [0.1, 0.15) is 0 Å². The molecule has 0 bridgehead atoms. The molecule has 0 radical (unpaired) electrons. The lowest BCUT2D eigenvalue weighted by Crippen LogP contribution is -2.00. The van der Waals surface area contributed by atoms with Crippen LogP contribution in [0.1, 0.15) is 33.5 Å². The first-order chi connectivity index (χ1) is 9.29. The molecule has 3 aromatic heterocycles. The third kappa shape index (κ3) is 2.02. The minimum absolute atomic E-state index is 0.416. The molecule has 1 aliphatic carbocycles. The monoisotopic (exact) mass is 290 g/mol. The summed E-state index contributed by atoms with van der Waals surface area (Å²) in [5.41, 5.74) is 2.41. The molecule has 0 fully saturated rings. The van der Waals surface area contributed by atoms with E-state index in [0.717, 1.165) is 15.5 Å². The van der Waals surface area contributed by atoms with Crippen molar-refractivity contribution in [2.45, 2.75) is 31.8 Å². The number of hydrogen-bond acceptors (Lipinski definition) is 4. The molecule has 19 heavy (non-hydrogen) atoms. The van der Waals surface area contributed by atoms with Crippen molar-refractivity contribution in [1.29, 1.82) is 0 Å². The van der Waals surface area contributed by atoms with E-state index in [2.05, 4.69) is 11.1 Å². The van der Waals surface area contributed by atoms with E-state index in [9.17, 15) is 5.11 Å². The second kappa shape index (κ2) is 4.44. The Morgan fingerprint density at radius 1 is 1.42 bits per heavy atom. The number of hydrogen-bond donors (Lipinski definition) is 1. The summed E-state index contributed by atoms with van der Waals surface area (Å²) in [6.07, 6.45) is 7.84. The van der Waals surface area contributed by atoms with Gasteiger partial charge in [-0.3, -0.25) is 4.40 Å². The Balaban J connectivity index is 1.56. The second-order valence-electron chi connectivity index (χ2n) is 5.00. The van der Waals surface area contributed by atoms with Crippen LogP contribution in [0.2, 0.25) is 0 Å². The molecule has 4 rings (SSSR count). The maximum absolute atomic E-state index is 10.4. The maximum atomic E-state index is 10.4. The number of nitrogens with zero attached hydrogens (tertiary/aromatic N) is 2. The molecular weight excluding hydrogens is 276 g/mol. The first kappa shape index (κ1) is 11.6. The van der Waals surface area contributed by atoms with Crippen LogP contribution in [-0.4, -0.2) is 14.5 Å². The zero-order valence-corrected chi connectivity index (χ0v) is 12.0. The zero-order chi connectivity index (χ0) is 12.8. The van der Waals surface area contributed by atoms with Crippen LogP contribution >= 0.6 is 22.7 Å². The lowest BCUT2D eigenvalue weighted by molar-refractivity contribution is 0.181. The summed E-state index contributed by atoms with van der Waals surface area (Å²) < 4.78 is 2.02. The van der Waals surface area contributed by atoms with E-state index in [1.165, 1.54) is 29.7 Å². The normalized spacial score (nSPS) is 16.1. The van der Waals surface area contributed by atoms with Crippen molar-refractivity contribution in [2.75, 3.05) is 0 Å². The highest BCUT2D eigenvalue weighted by molar-refractivity contribution is 7.15. The average Bonchev–Trinajstić information content (AvgIpc) is 3.05. The van der Waals surface area contributed by atoms with Gasteiger partial charge in [0.2, 0.25) is 0 Å². The first-order valence-corrected chi connectivity index (χ1v) is 8.20. The SMILES string of the molecule is OC(Cc1cn2ccsc2n1)c1cc2c(s1)CCC2. The van der Waals surface area contributed by atoms with Crippen LogP contribution in [0.15, 0.2) is 23.8 Å². The predicted molar refractivity (Wildman–Crippen MR) is 78.1 cm³/mol. The Kier molecular flexibility index (Phi) is 2.72. The number of aryl methyl sites for hydroxylation is 2. The Hall–Kier alpha value is -1.17. The minimum Gasteiger partial charge on any atom is -0.387 e. The molecule has 1 atom stereocenters. The van der Waals surface area contributed by atoms with Crippen LogP contribution in [0.3, 0.4) is 0 Å². The molecular formula is C14H14N2OS2. The zero-order valence-electron chi connectivity index (χ0n) is 10.4. The summed E-state index contributed by atoms with van der Waals surface area (Å²) in [5, 5.41) is 12.4. The summed E-state index contributed by atoms with van der Waals surface area (Å²) in [7, 11) is 0. The fraction of sp³-hybridized carbons (Fsp3) is 0.357. The quantitative estimate of drug-likeness (QED) is 0.804. The molecule has 98 valence electrons. The Bertz CT molecular complexity index is 675. The highest BCUT2D eigenvalue weighted by Gasteiger charge is 2.19. The van der Waals surface area contributed by atoms with Gasteiger partial charge < -0.3 is 5.11 Å². The highest BCUT2D eigenvalue weighted by Crippen LogP contribution is 2.34. The lowest BCUT2D eigenvalue weighted by Gasteiger charge is -2.05. The molecule has 3 heterocycles. The summed E-state index contributed by atoms with van der Waals surface area (Å²) in [4.78, 5) is 8.09. The van der Waals surface area contributed by atoms with Crippen molar-refractivity contribution in [3.63, 3.8) is 0 Å². The van der Waals surface area contributed by atoms with E-state index in [0.29, 0.717) is 6.42 Å². The second-order valence-corrected chi connectivity index (χ2v) is 7.04. The summed E-state index contributed by atoms with van der Waals surface area (Å²) in [6, 6.07) is 2.19. The standard InChI is InChI=1S/C14H14N2OS2/c17-11(13-6-9-2-1-3-12(9)19-13)7-10-8-16-4-5-18-14(16)15-10/h4-6,8,11,17H,1-3,7H2. The predicted octanol–water partition coefficient (Wildman–Crippen LogP) is 3.22. The largest absolute Gasteiger partial charge is 0.387 e. The van der Waals surface area contributed by atoms with Gasteiger partial charge in [0.25, 0.3) is 0 Å². The Labute approximate surface area is 119 Å². The van der Waals surface area contributed by atoms with E-state index in [4.69, 9.17) is 0 Å². The number of fused-ring (bicyclic) bond motifs is 2. The smallest absolute Gasteiger partial charge is 0.193 e.